The number of fused-ring (bicyclic) bond motifs is 1. The summed E-state index contributed by atoms with van der Waals surface area (Å²) in [5, 5.41) is 3.51. The second kappa shape index (κ2) is 5.12. The standard InChI is InChI=1S/C16H25N/c1-16(2,3)11-5-8-13-7-4-10-15-14(13)9-6-12-17-15/h4,7,10,17H,5-6,8-9,11-12H2,1-3H3. The number of aryl methyl sites for hydroxylation is 1. The highest BCUT2D eigenvalue weighted by Crippen LogP contribution is 2.28. The third-order valence-electron chi connectivity index (χ3n) is 3.56. The van der Waals surface area contributed by atoms with E-state index in [1.54, 1.807) is 11.1 Å². The first-order valence-corrected chi connectivity index (χ1v) is 6.91. The van der Waals surface area contributed by atoms with Crippen LogP contribution in [0, 0.1) is 5.41 Å². The van der Waals surface area contributed by atoms with Gasteiger partial charge in [-0.25, -0.2) is 0 Å². The zero-order valence-electron chi connectivity index (χ0n) is 11.5. The van der Waals surface area contributed by atoms with Crippen LogP contribution in [0.3, 0.4) is 0 Å². The van der Waals surface area contributed by atoms with E-state index in [-0.39, 0.29) is 0 Å². The van der Waals surface area contributed by atoms with Crippen LogP contribution in [-0.4, -0.2) is 6.54 Å². The highest BCUT2D eigenvalue weighted by Gasteiger charge is 2.13. The monoisotopic (exact) mass is 231 g/mol. The molecule has 1 nitrogen and oxygen atoms in total. The van der Waals surface area contributed by atoms with E-state index in [4.69, 9.17) is 0 Å². The first kappa shape index (κ1) is 12.5. The molecule has 0 fully saturated rings. The highest BCUT2D eigenvalue weighted by atomic mass is 14.9. The molecule has 0 saturated carbocycles. The van der Waals surface area contributed by atoms with Gasteiger partial charge in [-0.05, 0) is 54.7 Å². The van der Waals surface area contributed by atoms with E-state index in [0.717, 1.165) is 6.54 Å². The summed E-state index contributed by atoms with van der Waals surface area (Å²) in [4.78, 5) is 0. The van der Waals surface area contributed by atoms with Crippen molar-refractivity contribution in [3.8, 4) is 0 Å². The average Bonchev–Trinajstić information content (AvgIpc) is 2.28. The Hall–Kier alpha value is -0.980. The molecule has 1 aliphatic heterocycles. The van der Waals surface area contributed by atoms with Crippen molar-refractivity contribution >= 4 is 5.69 Å². The smallest absolute Gasteiger partial charge is 0.0375 e. The summed E-state index contributed by atoms with van der Waals surface area (Å²) in [5.41, 5.74) is 4.99. The topological polar surface area (TPSA) is 12.0 Å². The van der Waals surface area contributed by atoms with E-state index >= 15 is 0 Å². The first-order chi connectivity index (χ1) is 8.06. The van der Waals surface area contributed by atoms with Crippen LogP contribution in [0.1, 0.15) is 51.2 Å². The van der Waals surface area contributed by atoms with Crippen LogP contribution in [-0.2, 0) is 12.8 Å². The Bertz CT molecular complexity index is 374. The molecule has 1 aliphatic rings. The molecule has 1 N–H and O–H groups in total. The van der Waals surface area contributed by atoms with Crippen molar-refractivity contribution < 1.29 is 0 Å². The number of benzene rings is 1. The predicted molar refractivity (Wildman–Crippen MR) is 75.6 cm³/mol. The van der Waals surface area contributed by atoms with Crippen LogP contribution >= 0.6 is 0 Å². The van der Waals surface area contributed by atoms with Gasteiger partial charge in [0.2, 0.25) is 0 Å². The van der Waals surface area contributed by atoms with Crippen molar-refractivity contribution in [2.75, 3.05) is 11.9 Å². The van der Waals surface area contributed by atoms with Crippen molar-refractivity contribution in [2.45, 2.75) is 52.9 Å². The molecule has 0 spiro atoms. The highest BCUT2D eigenvalue weighted by molar-refractivity contribution is 5.56. The number of hydrogen-bond donors (Lipinski definition) is 1. The number of hydrogen-bond acceptors (Lipinski definition) is 1. The van der Waals surface area contributed by atoms with Gasteiger partial charge in [-0.3, -0.25) is 0 Å². The lowest BCUT2D eigenvalue weighted by Crippen LogP contribution is -2.13. The fourth-order valence-electron chi connectivity index (χ4n) is 2.63. The average molecular weight is 231 g/mol. The molecule has 0 bridgehead atoms. The first-order valence-electron chi connectivity index (χ1n) is 6.91. The van der Waals surface area contributed by atoms with E-state index < -0.39 is 0 Å². The SMILES string of the molecule is CC(C)(C)CCCc1cccc2c1CCCN2. The Morgan fingerprint density at radius 2 is 2.06 bits per heavy atom. The number of rotatable bonds is 3. The zero-order chi connectivity index (χ0) is 12.3. The molecule has 94 valence electrons. The summed E-state index contributed by atoms with van der Waals surface area (Å²) in [6.07, 6.45) is 6.39. The second-order valence-corrected chi connectivity index (χ2v) is 6.39. The minimum absolute atomic E-state index is 0.465. The predicted octanol–water partition coefficient (Wildman–Crippen LogP) is 4.41. The minimum atomic E-state index is 0.465. The van der Waals surface area contributed by atoms with Gasteiger partial charge in [0.05, 0.1) is 0 Å². The van der Waals surface area contributed by atoms with Crippen molar-refractivity contribution in [1.29, 1.82) is 0 Å². The molecule has 0 aromatic heterocycles. The van der Waals surface area contributed by atoms with E-state index in [2.05, 4.69) is 44.3 Å². The van der Waals surface area contributed by atoms with Crippen molar-refractivity contribution in [2.24, 2.45) is 5.41 Å². The van der Waals surface area contributed by atoms with Gasteiger partial charge in [-0.2, -0.15) is 0 Å². The summed E-state index contributed by atoms with van der Waals surface area (Å²) in [7, 11) is 0. The molecule has 1 aromatic rings. The van der Waals surface area contributed by atoms with Crippen LogP contribution in [0.5, 0.6) is 0 Å². The number of anilines is 1. The lowest BCUT2D eigenvalue weighted by molar-refractivity contribution is 0.365. The van der Waals surface area contributed by atoms with E-state index in [0.29, 0.717) is 5.41 Å². The molecule has 1 heteroatoms. The molecule has 0 saturated heterocycles. The summed E-state index contributed by atoms with van der Waals surface area (Å²) >= 11 is 0. The Balaban J connectivity index is 2.01. The van der Waals surface area contributed by atoms with Gasteiger partial charge >= 0.3 is 0 Å². The third kappa shape index (κ3) is 3.49. The maximum absolute atomic E-state index is 3.51. The maximum Gasteiger partial charge on any atom is 0.0375 e. The lowest BCUT2D eigenvalue weighted by Gasteiger charge is -2.22. The van der Waals surface area contributed by atoms with Crippen LogP contribution in [0.15, 0.2) is 18.2 Å². The van der Waals surface area contributed by atoms with Crippen molar-refractivity contribution in [3.63, 3.8) is 0 Å². The summed E-state index contributed by atoms with van der Waals surface area (Å²) in [6, 6.07) is 6.74. The summed E-state index contributed by atoms with van der Waals surface area (Å²) in [5.74, 6) is 0. The van der Waals surface area contributed by atoms with Crippen LogP contribution < -0.4 is 5.32 Å². The molecule has 0 amide bonds. The van der Waals surface area contributed by atoms with Crippen LogP contribution in [0.25, 0.3) is 0 Å². The van der Waals surface area contributed by atoms with Gasteiger partial charge in [0, 0.05) is 12.2 Å². The quantitative estimate of drug-likeness (QED) is 0.812. The van der Waals surface area contributed by atoms with Crippen LogP contribution in [0.4, 0.5) is 5.69 Å². The Morgan fingerprint density at radius 1 is 1.24 bits per heavy atom. The minimum Gasteiger partial charge on any atom is -0.385 e. The van der Waals surface area contributed by atoms with Gasteiger partial charge in [0.15, 0.2) is 0 Å². The normalized spacial score (nSPS) is 15.2. The van der Waals surface area contributed by atoms with E-state index in [1.807, 2.05) is 0 Å². The van der Waals surface area contributed by atoms with Gasteiger partial charge in [0.1, 0.15) is 0 Å². The molecule has 1 aromatic carbocycles. The molecular formula is C16H25N. The molecule has 2 rings (SSSR count). The molecule has 1 heterocycles. The van der Waals surface area contributed by atoms with Crippen molar-refractivity contribution in [3.05, 3.63) is 29.3 Å². The van der Waals surface area contributed by atoms with E-state index in [1.165, 1.54) is 37.8 Å². The zero-order valence-corrected chi connectivity index (χ0v) is 11.5. The summed E-state index contributed by atoms with van der Waals surface area (Å²) < 4.78 is 0. The van der Waals surface area contributed by atoms with Gasteiger partial charge in [-0.1, -0.05) is 32.9 Å². The Morgan fingerprint density at radius 3 is 2.82 bits per heavy atom. The fourth-order valence-corrected chi connectivity index (χ4v) is 2.63. The molecule has 17 heavy (non-hydrogen) atoms. The summed E-state index contributed by atoms with van der Waals surface area (Å²) in [6.45, 7) is 8.12. The Labute approximate surface area is 106 Å². The van der Waals surface area contributed by atoms with Gasteiger partial charge < -0.3 is 5.32 Å². The van der Waals surface area contributed by atoms with E-state index in [9.17, 15) is 0 Å². The molecule has 0 radical (unpaired) electrons. The third-order valence-corrected chi connectivity index (χ3v) is 3.56. The Kier molecular flexibility index (Phi) is 3.76. The fraction of sp³-hybridized carbons (Fsp3) is 0.625. The van der Waals surface area contributed by atoms with Gasteiger partial charge in [-0.15, -0.1) is 0 Å². The van der Waals surface area contributed by atoms with Gasteiger partial charge in [0.25, 0.3) is 0 Å². The molecular weight excluding hydrogens is 206 g/mol. The molecule has 0 unspecified atom stereocenters. The lowest BCUT2D eigenvalue weighted by atomic mass is 9.87. The molecule has 0 atom stereocenters. The molecule has 0 aliphatic carbocycles. The van der Waals surface area contributed by atoms with Crippen molar-refractivity contribution in [1.82, 2.24) is 0 Å². The number of nitrogens with one attached hydrogen (secondary N) is 1. The largest absolute Gasteiger partial charge is 0.385 e. The maximum atomic E-state index is 3.51. The second-order valence-electron chi connectivity index (χ2n) is 6.39. The van der Waals surface area contributed by atoms with Crippen LogP contribution in [0.2, 0.25) is 0 Å².